The molecule has 0 unspecified atom stereocenters. The fraction of sp³-hybridized carbons (Fsp3) is 0.500. The Morgan fingerprint density at radius 1 is 1.26 bits per heavy atom. The zero-order valence-corrected chi connectivity index (χ0v) is 13.9. The molecule has 1 amide bonds. The van der Waals surface area contributed by atoms with Crippen molar-refractivity contribution >= 4 is 43.5 Å². The van der Waals surface area contributed by atoms with Crippen LogP contribution in [0.4, 0.5) is 5.69 Å². The first-order valence-corrected chi connectivity index (χ1v) is 8.11. The van der Waals surface area contributed by atoms with Gasteiger partial charge < -0.3 is 11.1 Å². The molecule has 0 spiro atoms. The van der Waals surface area contributed by atoms with E-state index >= 15 is 0 Å². The number of hydrogen-bond donors (Lipinski definition) is 2. The number of hydrogen-bond acceptors (Lipinski definition) is 2. The van der Waals surface area contributed by atoms with Crippen LogP contribution < -0.4 is 11.1 Å². The lowest BCUT2D eigenvalue weighted by atomic mass is 9.80. The lowest BCUT2D eigenvalue weighted by molar-refractivity contribution is -0.117. The summed E-state index contributed by atoms with van der Waals surface area (Å²) in [6, 6.07) is 5.70. The Kier molecular flexibility index (Phi) is 5.03. The predicted molar refractivity (Wildman–Crippen MR) is 85.1 cm³/mol. The first kappa shape index (κ1) is 15.0. The highest BCUT2D eigenvalue weighted by molar-refractivity contribution is 9.11. The summed E-state index contributed by atoms with van der Waals surface area (Å²) in [4.78, 5) is 12.1. The number of carbonyl (C=O) groups is 1. The summed E-state index contributed by atoms with van der Waals surface area (Å²) >= 11 is 6.83. The molecule has 19 heavy (non-hydrogen) atoms. The number of benzene rings is 1. The van der Waals surface area contributed by atoms with E-state index in [-0.39, 0.29) is 11.4 Å². The number of carbonyl (C=O) groups excluding carboxylic acids is 1. The largest absolute Gasteiger partial charge is 0.325 e. The van der Waals surface area contributed by atoms with Crippen LogP contribution >= 0.6 is 31.9 Å². The van der Waals surface area contributed by atoms with Gasteiger partial charge in [-0.05, 0) is 47.0 Å². The number of anilines is 1. The minimum atomic E-state index is -0.319. The van der Waals surface area contributed by atoms with Gasteiger partial charge in [-0.3, -0.25) is 4.79 Å². The zero-order valence-electron chi connectivity index (χ0n) is 10.7. The van der Waals surface area contributed by atoms with Gasteiger partial charge in [0.25, 0.3) is 0 Å². The molecule has 1 aliphatic rings. The van der Waals surface area contributed by atoms with Gasteiger partial charge in [-0.2, -0.15) is 0 Å². The van der Waals surface area contributed by atoms with Crippen molar-refractivity contribution in [1.29, 1.82) is 0 Å². The topological polar surface area (TPSA) is 55.1 Å². The fourth-order valence-corrected chi connectivity index (χ4v) is 3.25. The molecule has 1 fully saturated rings. The summed E-state index contributed by atoms with van der Waals surface area (Å²) < 4.78 is 1.81. The highest BCUT2D eigenvalue weighted by Crippen LogP contribution is 2.30. The lowest BCUT2D eigenvalue weighted by Gasteiger charge is -2.32. The molecule has 0 bridgehead atoms. The molecule has 0 atom stereocenters. The van der Waals surface area contributed by atoms with Gasteiger partial charge in [-0.1, -0.05) is 35.2 Å². The highest BCUT2D eigenvalue weighted by Gasteiger charge is 2.30. The summed E-state index contributed by atoms with van der Waals surface area (Å²) in [6.45, 7) is 0. The average molecular weight is 390 g/mol. The Morgan fingerprint density at radius 3 is 2.63 bits per heavy atom. The predicted octanol–water partition coefficient (Wildman–Crippen LogP) is 4.20. The molecule has 104 valence electrons. The van der Waals surface area contributed by atoms with Gasteiger partial charge in [0.1, 0.15) is 0 Å². The van der Waals surface area contributed by atoms with Gasteiger partial charge in [0.2, 0.25) is 5.91 Å². The minimum absolute atomic E-state index is 0.0109. The van der Waals surface area contributed by atoms with E-state index in [2.05, 4.69) is 37.2 Å². The molecular formula is C14H18Br2N2O. The second-order valence-electron chi connectivity index (χ2n) is 5.27. The van der Waals surface area contributed by atoms with Gasteiger partial charge in [0.15, 0.2) is 0 Å². The summed E-state index contributed by atoms with van der Waals surface area (Å²) in [5.41, 5.74) is 6.76. The zero-order chi connectivity index (χ0) is 13.9. The van der Waals surface area contributed by atoms with Crippen molar-refractivity contribution in [3.8, 4) is 0 Å². The van der Waals surface area contributed by atoms with Crippen molar-refractivity contribution < 1.29 is 4.79 Å². The van der Waals surface area contributed by atoms with E-state index in [1.807, 2.05) is 18.2 Å². The molecule has 0 radical (unpaired) electrons. The molecule has 0 heterocycles. The van der Waals surface area contributed by atoms with E-state index in [1.165, 1.54) is 6.42 Å². The first-order chi connectivity index (χ1) is 8.98. The van der Waals surface area contributed by atoms with E-state index in [4.69, 9.17) is 5.73 Å². The third-order valence-electron chi connectivity index (χ3n) is 3.56. The second kappa shape index (κ2) is 6.37. The average Bonchev–Trinajstić information content (AvgIpc) is 2.34. The number of nitrogens with two attached hydrogens (primary N) is 1. The van der Waals surface area contributed by atoms with Crippen LogP contribution in [0.1, 0.15) is 38.5 Å². The van der Waals surface area contributed by atoms with Crippen LogP contribution in [0.5, 0.6) is 0 Å². The lowest BCUT2D eigenvalue weighted by Crippen LogP contribution is -2.44. The van der Waals surface area contributed by atoms with E-state index in [0.717, 1.165) is 40.3 Å². The van der Waals surface area contributed by atoms with E-state index < -0.39 is 0 Å². The number of nitrogens with one attached hydrogen (secondary N) is 1. The van der Waals surface area contributed by atoms with Crippen molar-refractivity contribution in [3.05, 3.63) is 27.1 Å². The first-order valence-electron chi connectivity index (χ1n) is 6.52. The molecule has 0 aromatic heterocycles. The summed E-state index contributed by atoms with van der Waals surface area (Å²) in [7, 11) is 0. The van der Waals surface area contributed by atoms with Crippen LogP contribution in [-0.4, -0.2) is 11.4 Å². The van der Waals surface area contributed by atoms with Crippen molar-refractivity contribution in [3.63, 3.8) is 0 Å². The van der Waals surface area contributed by atoms with Gasteiger partial charge in [-0.25, -0.2) is 0 Å². The van der Waals surface area contributed by atoms with Gasteiger partial charge in [0, 0.05) is 20.9 Å². The standard InChI is InChI=1S/C14H18Br2N2O/c15-10-4-5-11(16)12(8-10)18-13(19)9-14(17)6-2-1-3-7-14/h4-5,8H,1-3,6-7,9,17H2,(H,18,19). The Labute approximate surface area is 130 Å². The third-order valence-corrected chi connectivity index (χ3v) is 4.75. The molecule has 3 nitrogen and oxygen atoms in total. The van der Waals surface area contributed by atoms with Crippen LogP contribution in [0.3, 0.4) is 0 Å². The fourth-order valence-electron chi connectivity index (χ4n) is 2.54. The monoisotopic (exact) mass is 388 g/mol. The highest BCUT2D eigenvalue weighted by atomic mass is 79.9. The van der Waals surface area contributed by atoms with Gasteiger partial charge in [-0.15, -0.1) is 0 Å². The molecule has 3 N–H and O–H groups in total. The summed E-state index contributed by atoms with van der Waals surface area (Å²) in [5, 5.41) is 2.93. The van der Waals surface area contributed by atoms with E-state index in [1.54, 1.807) is 0 Å². The maximum Gasteiger partial charge on any atom is 0.226 e. The smallest absolute Gasteiger partial charge is 0.226 e. The van der Waals surface area contributed by atoms with Crippen molar-refractivity contribution in [1.82, 2.24) is 0 Å². The molecule has 1 aliphatic carbocycles. The van der Waals surface area contributed by atoms with E-state index in [0.29, 0.717) is 6.42 Å². The van der Waals surface area contributed by atoms with Gasteiger partial charge >= 0.3 is 0 Å². The Balaban J connectivity index is 1.99. The van der Waals surface area contributed by atoms with Crippen LogP contribution in [0.25, 0.3) is 0 Å². The molecular weight excluding hydrogens is 372 g/mol. The molecule has 5 heteroatoms. The van der Waals surface area contributed by atoms with Gasteiger partial charge in [0.05, 0.1) is 5.69 Å². The number of amides is 1. The normalized spacial score (nSPS) is 18.1. The Hall–Kier alpha value is -0.390. The van der Waals surface area contributed by atoms with E-state index in [9.17, 15) is 4.79 Å². The van der Waals surface area contributed by atoms with Crippen molar-refractivity contribution in [2.45, 2.75) is 44.1 Å². The van der Waals surface area contributed by atoms with Crippen LogP contribution in [0.15, 0.2) is 27.1 Å². The SMILES string of the molecule is NC1(CC(=O)Nc2cc(Br)ccc2Br)CCCCC1. The van der Waals surface area contributed by atoms with Crippen LogP contribution in [0.2, 0.25) is 0 Å². The Bertz CT molecular complexity index is 471. The molecule has 0 aliphatic heterocycles. The molecule has 1 aromatic carbocycles. The second-order valence-corrected chi connectivity index (χ2v) is 7.04. The quantitative estimate of drug-likeness (QED) is 0.813. The molecule has 1 saturated carbocycles. The summed E-state index contributed by atoms with van der Waals surface area (Å²) in [5.74, 6) is -0.0109. The third kappa shape index (κ3) is 4.29. The maximum absolute atomic E-state index is 12.1. The van der Waals surface area contributed by atoms with Crippen LogP contribution in [0, 0.1) is 0 Å². The van der Waals surface area contributed by atoms with Crippen molar-refractivity contribution in [2.24, 2.45) is 5.73 Å². The molecule has 0 saturated heterocycles. The molecule has 1 aromatic rings. The van der Waals surface area contributed by atoms with Crippen molar-refractivity contribution in [2.75, 3.05) is 5.32 Å². The molecule has 2 rings (SSSR count). The number of halogens is 2. The van der Waals surface area contributed by atoms with Crippen LogP contribution in [-0.2, 0) is 4.79 Å². The maximum atomic E-state index is 12.1. The minimum Gasteiger partial charge on any atom is -0.325 e. The Morgan fingerprint density at radius 2 is 1.95 bits per heavy atom. The summed E-state index contributed by atoms with van der Waals surface area (Å²) in [6.07, 6.45) is 5.78. The number of rotatable bonds is 3.